The number of hydrogen-bond acceptors (Lipinski definition) is 4. The fraction of sp³-hybridized carbons (Fsp3) is 0.0698. The van der Waals surface area contributed by atoms with Gasteiger partial charge in [0.1, 0.15) is 0 Å². The molecule has 20 aromatic carbocycles. The Kier molecular flexibility index (Phi) is 25.1. The van der Waals surface area contributed by atoms with Crippen LogP contribution < -0.4 is 19.6 Å². The van der Waals surface area contributed by atoms with E-state index in [1.165, 1.54) is 179 Å². The van der Waals surface area contributed by atoms with Crippen molar-refractivity contribution in [3.8, 4) is 122 Å². The Morgan fingerprint density at radius 3 is 0.722 bits per heavy atom. The molecule has 2 aliphatic carbocycles. The fourth-order valence-electron chi connectivity index (χ4n) is 19.0. The average Bonchev–Trinajstić information content (AvgIpc) is 1.58. The van der Waals surface area contributed by atoms with E-state index in [1.54, 1.807) is 0 Å². The number of hydrogen-bond donors (Lipinski definition) is 0. The summed E-state index contributed by atoms with van der Waals surface area (Å²) in [6.45, 7) is 9.35. The van der Waals surface area contributed by atoms with Gasteiger partial charge in [-0.3, -0.25) is 0 Å². The molecule has 0 atom stereocenters. The van der Waals surface area contributed by atoms with Crippen LogP contribution in [0.4, 0.5) is 51.2 Å². The van der Waals surface area contributed by atoms with E-state index in [-0.39, 0.29) is 10.8 Å². The molecule has 0 fully saturated rings. The van der Waals surface area contributed by atoms with Gasteiger partial charge in [0.2, 0.25) is 0 Å². The van der Waals surface area contributed by atoms with Crippen molar-refractivity contribution in [2.75, 3.05) is 40.7 Å². The van der Waals surface area contributed by atoms with Crippen molar-refractivity contribution in [1.29, 1.82) is 0 Å². The number of anilines is 9. The topological polar surface area (TPSA) is 13.0 Å². The largest absolute Gasteiger partial charge is 0.345 e. The Bertz CT molecular complexity index is 7260. The van der Waals surface area contributed by atoms with E-state index in [9.17, 15) is 0 Å². The molecular formula is C129H106N4. The Balaban J connectivity index is 0.000000116. The number of benzene rings is 20. The lowest BCUT2D eigenvalue weighted by atomic mass is 9.82. The molecule has 22 rings (SSSR count). The van der Waals surface area contributed by atoms with Crippen molar-refractivity contribution in [3.63, 3.8) is 0 Å². The summed E-state index contributed by atoms with van der Waals surface area (Å²) in [7, 11) is 6.43. The van der Waals surface area contributed by atoms with Gasteiger partial charge < -0.3 is 19.6 Å². The van der Waals surface area contributed by atoms with Gasteiger partial charge in [-0.15, -0.1) is 0 Å². The third kappa shape index (κ3) is 18.5. The number of nitrogens with zero attached hydrogens (tertiary/aromatic N) is 4. The molecule has 0 unspecified atom stereocenters. The molecule has 4 heteroatoms. The monoisotopic (exact) mass is 1710 g/mol. The van der Waals surface area contributed by atoms with Gasteiger partial charge in [0, 0.05) is 94.3 Å². The van der Waals surface area contributed by atoms with Crippen LogP contribution in [0.25, 0.3) is 122 Å². The molecule has 0 amide bonds. The predicted molar refractivity (Wildman–Crippen MR) is 568 cm³/mol. The molecule has 2 aliphatic rings. The Morgan fingerprint density at radius 1 is 0.135 bits per heavy atom. The highest BCUT2D eigenvalue weighted by Crippen LogP contribution is 2.53. The van der Waals surface area contributed by atoms with Gasteiger partial charge in [-0.2, -0.15) is 0 Å². The maximum absolute atomic E-state index is 2.38. The number of rotatable bonds is 18. The first kappa shape index (κ1) is 86.0. The molecule has 0 aliphatic heterocycles. The van der Waals surface area contributed by atoms with Gasteiger partial charge in [-0.25, -0.2) is 0 Å². The van der Waals surface area contributed by atoms with E-state index in [1.807, 2.05) is 6.07 Å². The molecule has 642 valence electrons. The minimum Gasteiger partial charge on any atom is -0.345 e. The van der Waals surface area contributed by atoms with Crippen molar-refractivity contribution in [2.45, 2.75) is 38.5 Å². The van der Waals surface area contributed by atoms with Crippen LogP contribution in [-0.4, -0.2) is 21.1 Å². The van der Waals surface area contributed by atoms with Gasteiger partial charge in [0.05, 0.1) is 0 Å². The van der Waals surface area contributed by atoms with E-state index >= 15 is 0 Å². The number of fused-ring (bicyclic) bond motifs is 6. The van der Waals surface area contributed by atoms with Crippen LogP contribution in [0.1, 0.15) is 49.9 Å². The first-order valence-corrected chi connectivity index (χ1v) is 46.0. The Hall–Kier alpha value is -16.4. The predicted octanol–water partition coefficient (Wildman–Crippen LogP) is 35.1. The standard InChI is InChI=1S/C40H33N.C33H27N.C31H25N.C25H21N/c1-40(2)38-17-11-10-16-36(38)37-23-22-35(27-39(37)40)41(3)34-20-18-30(19-21-34)33-25-31(28-12-6-4-7-13-28)24-32(26-33)29-14-8-5-9-15-29;1-33(2)31-16-10-9-15-29(31)30-22-21-28(23-32(30)33)34(26-13-7-4-8-14-26)27-19-17-25(18-20-27)24-11-5-3-6-12-24;1-32(29-20-17-26(18-21-29)24-11-5-2-6-12-24)31-22-19-28(25-13-7-3-8-14-25)23-30(31)27-15-9-4-10-16-27;1-26(23-15-9-4-10-16-23)25-18-17-22(20-11-5-2-6-12-20)19-24(25)21-13-7-3-8-14-21/h4-27H,1-3H3;3-23H,1-2H3;2-23H,1H3;2-19H,1H3. The summed E-state index contributed by atoms with van der Waals surface area (Å²) in [6, 6.07) is 184. The van der Waals surface area contributed by atoms with Crippen LogP contribution in [0, 0.1) is 0 Å². The molecule has 133 heavy (non-hydrogen) atoms. The van der Waals surface area contributed by atoms with Gasteiger partial charge in [0.15, 0.2) is 0 Å². The molecule has 20 aromatic rings. The molecule has 0 saturated heterocycles. The van der Waals surface area contributed by atoms with Gasteiger partial charge in [-0.05, 0) is 261 Å². The molecule has 0 heterocycles. The summed E-state index contributed by atoms with van der Waals surface area (Å²) in [5.74, 6) is 0. The van der Waals surface area contributed by atoms with Crippen LogP contribution in [0.2, 0.25) is 0 Å². The molecular weight excluding hydrogens is 1610 g/mol. The third-order valence-corrected chi connectivity index (χ3v) is 26.4. The van der Waals surface area contributed by atoms with Crippen molar-refractivity contribution < 1.29 is 0 Å². The van der Waals surface area contributed by atoms with E-state index in [0.717, 1.165) is 17.1 Å². The van der Waals surface area contributed by atoms with Crippen LogP contribution in [-0.2, 0) is 10.8 Å². The zero-order chi connectivity index (χ0) is 90.6. The Morgan fingerprint density at radius 2 is 0.361 bits per heavy atom. The molecule has 0 spiro atoms. The van der Waals surface area contributed by atoms with E-state index in [4.69, 9.17) is 0 Å². The van der Waals surface area contributed by atoms with Crippen LogP contribution in [0.5, 0.6) is 0 Å². The summed E-state index contributed by atoms with van der Waals surface area (Å²) in [6.07, 6.45) is 0. The van der Waals surface area contributed by atoms with E-state index in [2.05, 4.69) is 578 Å². The third-order valence-electron chi connectivity index (χ3n) is 26.4. The summed E-state index contributed by atoms with van der Waals surface area (Å²) in [5, 5.41) is 0. The number of para-hydroxylation sites is 2. The summed E-state index contributed by atoms with van der Waals surface area (Å²) in [5.41, 5.74) is 43.6. The highest BCUT2D eigenvalue weighted by atomic mass is 15.1. The fourth-order valence-corrected chi connectivity index (χ4v) is 19.0. The second kappa shape index (κ2) is 38.9. The molecule has 0 radical (unpaired) electrons. The smallest absolute Gasteiger partial charge is 0.0488 e. The zero-order valence-electron chi connectivity index (χ0n) is 76.4. The van der Waals surface area contributed by atoms with Crippen LogP contribution >= 0.6 is 0 Å². The second-order valence-corrected chi connectivity index (χ2v) is 35.3. The van der Waals surface area contributed by atoms with Crippen LogP contribution in [0.15, 0.2) is 516 Å². The Labute approximate surface area is 785 Å². The lowest BCUT2D eigenvalue weighted by Gasteiger charge is -2.28. The summed E-state index contributed by atoms with van der Waals surface area (Å²) >= 11 is 0. The molecule has 0 bridgehead atoms. The second-order valence-electron chi connectivity index (χ2n) is 35.3. The minimum atomic E-state index is -0.0263. The lowest BCUT2D eigenvalue weighted by Crippen LogP contribution is -2.16. The zero-order valence-corrected chi connectivity index (χ0v) is 76.4. The quantitative estimate of drug-likeness (QED) is 0.0849. The molecule has 4 nitrogen and oxygen atoms in total. The highest BCUT2D eigenvalue weighted by molar-refractivity contribution is 5.92. The SMILES string of the molecule is CC1(C)c2ccccc2-c2ccc(N(c3ccccc3)c3ccc(-c4ccccc4)cc3)cc21.CN(c1ccc(-c2cc(-c3ccccc3)cc(-c3ccccc3)c2)cc1)c1ccc2c(c1)C(C)(C)c1ccccc1-2.CN(c1ccc(-c2ccccc2)cc1)c1ccc(-c2ccccc2)cc1-c1ccccc1.CN(c1ccccc1)c1ccc(-c2ccccc2)cc1-c1ccccc1. The van der Waals surface area contributed by atoms with Crippen molar-refractivity contribution in [2.24, 2.45) is 0 Å². The first-order chi connectivity index (χ1) is 65.2. The highest BCUT2D eigenvalue weighted by Gasteiger charge is 2.37. The normalized spacial score (nSPS) is 12.0. The maximum Gasteiger partial charge on any atom is 0.0488 e. The molecule has 0 N–H and O–H groups in total. The van der Waals surface area contributed by atoms with Crippen molar-refractivity contribution in [1.82, 2.24) is 0 Å². The summed E-state index contributed by atoms with van der Waals surface area (Å²) < 4.78 is 0. The van der Waals surface area contributed by atoms with Gasteiger partial charge in [0.25, 0.3) is 0 Å². The lowest BCUT2D eigenvalue weighted by molar-refractivity contribution is 0.660. The maximum atomic E-state index is 2.38. The van der Waals surface area contributed by atoms with Gasteiger partial charge >= 0.3 is 0 Å². The van der Waals surface area contributed by atoms with Crippen molar-refractivity contribution in [3.05, 3.63) is 538 Å². The molecule has 0 saturated carbocycles. The minimum absolute atomic E-state index is 0.00708. The molecule has 0 aromatic heterocycles. The van der Waals surface area contributed by atoms with Gasteiger partial charge in [-0.1, -0.05) is 416 Å². The van der Waals surface area contributed by atoms with E-state index < -0.39 is 0 Å². The summed E-state index contributed by atoms with van der Waals surface area (Å²) in [4.78, 5) is 9.16. The first-order valence-electron chi connectivity index (χ1n) is 46.0. The van der Waals surface area contributed by atoms with Crippen LogP contribution in [0.3, 0.4) is 0 Å². The van der Waals surface area contributed by atoms with Crippen molar-refractivity contribution >= 4 is 51.2 Å². The average molecular weight is 1710 g/mol. The van der Waals surface area contributed by atoms with E-state index in [0.29, 0.717) is 0 Å².